The Morgan fingerprint density at radius 2 is 1.81 bits per heavy atom. The summed E-state index contributed by atoms with van der Waals surface area (Å²) >= 11 is 0. The molecule has 0 saturated carbocycles. The zero-order chi connectivity index (χ0) is 21.8. The minimum absolute atomic E-state index is 0.0162. The van der Waals surface area contributed by atoms with E-state index in [4.69, 9.17) is 4.74 Å². The molecule has 2 amide bonds. The molecule has 160 valence electrons. The minimum Gasteiger partial charge on any atom is -0.466 e. The Morgan fingerprint density at radius 1 is 1.06 bits per heavy atom. The number of ether oxygens (including phenoxy) is 1. The molecule has 2 aliphatic heterocycles. The maximum atomic E-state index is 12.8. The Morgan fingerprint density at radius 3 is 2.61 bits per heavy atom. The van der Waals surface area contributed by atoms with E-state index in [0.717, 1.165) is 35.7 Å². The molecule has 2 aromatic rings. The van der Waals surface area contributed by atoms with Gasteiger partial charge in [-0.25, -0.2) is 0 Å². The lowest BCUT2D eigenvalue weighted by atomic mass is 9.98. The zero-order valence-electron chi connectivity index (χ0n) is 17.7. The molecular formula is C25H26N2O4. The van der Waals surface area contributed by atoms with Gasteiger partial charge in [-0.15, -0.1) is 0 Å². The number of amides is 2. The third kappa shape index (κ3) is 4.53. The monoisotopic (exact) mass is 418 g/mol. The summed E-state index contributed by atoms with van der Waals surface area (Å²) in [5, 5.41) is 0. The Kier molecular flexibility index (Phi) is 6.16. The molecule has 0 N–H and O–H groups in total. The molecule has 1 saturated heterocycles. The van der Waals surface area contributed by atoms with Gasteiger partial charge in [-0.3, -0.25) is 19.3 Å². The van der Waals surface area contributed by atoms with E-state index >= 15 is 0 Å². The van der Waals surface area contributed by atoms with Gasteiger partial charge < -0.3 is 9.64 Å². The molecule has 1 fully saturated rings. The van der Waals surface area contributed by atoms with Gasteiger partial charge in [0.1, 0.15) is 0 Å². The highest BCUT2D eigenvalue weighted by Crippen LogP contribution is 2.30. The first-order chi connectivity index (χ1) is 15.1. The normalized spacial score (nSPS) is 17.3. The smallest absolute Gasteiger partial charge is 0.307 e. The van der Waals surface area contributed by atoms with Gasteiger partial charge in [0.25, 0.3) is 5.91 Å². The van der Waals surface area contributed by atoms with Gasteiger partial charge in [-0.2, -0.15) is 0 Å². The van der Waals surface area contributed by atoms with Crippen LogP contribution in [0.2, 0.25) is 0 Å². The van der Waals surface area contributed by atoms with Crippen molar-refractivity contribution < 1.29 is 19.1 Å². The summed E-state index contributed by atoms with van der Waals surface area (Å²) in [6, 6.07) is 16.4. The van der Waals surface area contributed by atoms with Crippen molar-refractivity contribution in [2.45, 2.75) is 32.7 Å². The van der Waals surface area contributed by atoms with Gasteiger partial charge in [-0.05, 0) is 42.2 Å². The molecule has 0 atom stereocenters. The quantitative estimate of drug-likeness (QED) is 0.409. The summed E-state index contributed by atoms with van der Waals surface area (Å²) < 4.78 is 4.89. The number of nitrogens with zero attached hydrogens (tertiary/aromatic N) is 2. The molecule has 6 heteroatoms. The van der Waals surface area contributed by atoms with Gasteiger partial charge in [0.2, 0.25) is 5.91 Å². The fourth-order valence-electron chi connectivity index (χ4n) is 4.18. The van der Waals surface area contributed by atoms with Crippen LogP contribution in [-0.4, -0.2) is 42.4 Å². The average molecular weight is 418 g/mol. The largest absolute Gasteiger partial charge is 0.466 e. The van der Waals surface area contributed by atoms with E-state index in [1.54, 1.807) is 6.92 Å². The van der Waals surface area contributed by atoms with Crippen LogP contribution in [0.1, 0.15) is 36.5 Å². The lowest BCUT2D eigenvalue weighted by Crippen LogP contribution is -2.32. The molecular weight excluding hydrogens is 392 g/mol. The van der Waals surface area contributed by atoms with Gasteiger partial charge >= 0.3 is 5.97 Å². The van der Waals surface area contributed by atoms with E-state index in [9.17, 15) is 14.4 Å². The van der Waals surface area contributed by atoms with Crippen molar-refractivity contribution in [1.82, 2.24) is 4.90 Å². The third-order valence-corrected chi connectivity index (χ3v) is 5.75. The summed E-state index contributed by atoms with van der Waals surface area (Å²) in [4.78, 5) is 40.3. The number of para-hydroxylation sites is 1. The highest BCUT2D eigenvalue weighted by molar-refractivity contribution is 6.15. The second-order valence-electron chi connectivity index (χ2n) is 7.75. The van der Waals surface area contributed by atoms with Crippen LogP contribution in [0.4, 0.5) is 5.69 Å². The minimum atomic E-state index is -0.406. The van der Waals surface area contributed by atoms with E-state index in [1.165, 1.54) is 11.1 Å². The van der Waals surface area contributed by atoms with Crippen molar-refractivity contribution in [3.8, 4) is 0 Å². The van der Waals surface area contributed by atoms with Crippen LogP contribution in [0.15, 0.2) is 54.1 Å². The number of rotatable bonds is 6. The van der Waals surface area contributed by atoms with Crippen LogP contribution in [-0.2, 0) is 32.1 Å². The second kappa shape index (κ2) is 9.16. The van der Waals surface area contributed by atoms with E-state index in [-0.39, 0.29) is 37.8 Å². The molecule has 31 heavy (non-hydrogen) atoms. The molecule has 2 heterocycles. The van der Waals surface area contributed by atoms with Crippen LogP contribution < -0.4 is 4.90 Å². The first-order valence-electron chi connectivity index (χ1n) is 10.7. The zero-order valence-corrected chi connectivity index (χ0v) is 17.7. The van der Waals surface area contributed by atoms with Gasteiger partial charge in [0.15, 0.2) is 0 Å². The summed E-state index contributed by atoms with van der Waals surface area (Å²) in [6.45, 7) is 3.77. The van der Waals surface area contributed by atoms with Crippen LogP contribution in [0.25, 0.3) is 6.08 Å². The predicted octanol–water partition coefficient (Wildman–Crippen LogP) is 3.34. The molecule has 6 nitrogen and oxygen atoms in total. The summed E-state index contributed by atoms with van der Waals surface area (Å²) in [5.41, 5.74) is 5.12. The van der Waals surface area contributed by atoms with Crippen LogP contribution in [0.3, 0.4) is 0 Å². The lowest BCUT2D eigenvalue weighted by Gasteiger charge is -2.32. The molecule has 2 aliphatic rings. The first-order valence-corrected chi connectivity index (χ1v) is 10.7. The van der Waals surface area contributed by atoms with E-state index in [1.807, 2.05) is 24.3 Å². The number of carbonyl (C=O) groups excluding carboxylic acids is 3. The number of carbonyl (C=O) groups is 3. The molecule has 0 unspecified atom stereocenters. The highest BCUT2D eigenvalue weighted by Gasteiger charge is 2.34. The standard InChI is InChI=1S/C25H26N2O4/c1-2-31-24(29)12-14-27-23(28)16-21(25(27)30)15-19-8-5-6-10-22(19)26-13-11-18-7-3-4-9-20(18)17-26/h3-10,15H,2,11-14,16-17H2,1H3/b21-15+. The fourth-order valence-corrected chi connectivity index (χ4v) is 4.18. The van der Waals surface area contributed by atoms with Gasteiger partial charge in [-0.1, -0.05) is 42.5 Å². The lowest BCUT2D eigenvalue weighted by molar-refractivity contribution is -0.144. The van der Waals surface area contributed by atoms with Crippen molar-refractivity contribution in [1.29, 1.82) is 0 Å². The molecule has 2 aromatic carbocycles. The Labute approximate surface area is 182 Å². The van der Waals surface area contributed by atoms with Crippen molar-refractivity contribution in [2.24, 2.45) is 0 Å². The maximum Gasteiger partial charge on any atom is 0.307 e. The Bertz CT molecular complexity index is 1040. The average Bonchev–Trinajstić information content (AvgIpc) is 3.05. The van der Waals surface area contributed by atoms with Gasteiger partial charge in [0, 0.05) is 30.9 Å². The number of anilines is 1. The second-order valence-corrected chi connectivity index (χ2v) is 7.75. The number of hydrogen-bond donors (Lipinski definition) is 0. The molecule has 0 radical (unpaired) electrons. The molecule has 0 bridgehead atoms. The summed E-state index contributed by atoms with van der Waals surface area (Å²) in [7, 11) is 0. The molecule has 0 aromatic heterocycles. The number of esters is 1. The summed E-state index contributed by atoms with van der Waals surface area (Å²) in [6.07, 6.45) is 2.86. The number of hydrogen-bond acceptors (Lipinski definition) is 5. The maximum absolute atomic E-state index is 12.8. The Hall–Kier alpha value is -3.41. The first kappa shape index (κ1) is 20.8. The fraction of sp³-hybridized carbons (Fsp3) is 0.320. The van der Waals surface area contributed by atoms with E-state index in [0.29, 0.717) is 5.57 Å². The number of imide groups is 1. The predicted molar refractivity (Wildman–Crippen MR) is 118 cm³/mol. The van der Waals surface area contributed by atoms with E-state index in [2.05, 4.69) is 35.2 Å². The number of likely N-dealkylation sites (tertiary alicyclic amines) is 1. The topological polar surface area (TPSA) is 66.9 Å². The summed E-state index contributed by atoms with van der Waals surface area (Å²) in [5.74, 6) is -1.01. The van der Waals surface area contributed by atoms with Crippen LogP contribution in [0.5, 0.6) is 0 Å². The number of benzene rings is 2. The van der Waals surface area contributed by atoms with Crippen molar-refractivity contribution in [3.63, 3.8) is 0 Å². The van der Waals surface area contributed by atoms with Crippen molar-refractivity contribution >= 4 is 29.5 Å². The Balaban J connectivity index is 1.53. The van der Waals surface area contributed by atoms with E-state index < -0.39 is 5.97 Å². The van der Waals surface area contributed by atoms with Crippen molar-refractivity contribution in [3.05, 3.63) is 70.8 Å². The number of fused-ring (bicyclic) bond motifs is 1. The third-order valence-electron chi connectivity index (χ3n) is 5.75. The van der Waals surface area contributed by atoms with Gasteiger partial charge in [0.05, 0.1) is 19.4 Å². The highest BCUT2D eigenvalue weighted by atomic mass is 16.5. The van der Waals surface area contributed by atoms with Crippen molar-refractivity contribution in [2.75, 3.05) is 24.6 Å². The molecule has 0 aliphatic carbocycles. The van der Waals surface area contributed by atoms with Crippen LogP contribution in [0, 0.1) is 0 Å². The molecule has 0 spiro atoms. The van der Waals surface area contributed by atoms with Crippen LogP contribution >= 0.6 is 0 Å². The molecule has 4 rings (SSSR count). The SMILES string of the molecule is CCOC(=O)CCN1C(=O)C/C(=C\c2ccccc2N2CCc3ccccc3C2)C1=O.